The fourth-order valence-electron chi connectivity index (χ4n) is 2.34. The number of esters is 1. The second kappa shape index (κ2) is 7.45. The smallest absolute Gasteiger partial charge is 0.339 e. The summed E-state index contributed by atoms with van der Waals surface area (Å²) in [5.41, 5.74) is 1.48. The summed E-state index contributed by atoms with van der Waals surface area (Å²) in [5, 5.41) is 3.09. The molecule has 0 fully saturated rings. The molecule has 0 aliphatic rings. The number of amides is 1. The zero-order valence-electron chi connectivity index (χ0n) is 14.1. The van der Waals surface area contributed by atoms with Gasteiger partial charge in [0.1, 0.15) is 5.75 Å². The molecule has 0 aliphatic carbocycles. The number of rotatable bonds is 5. The number of anilines is 1. The summed E-state index contributed by atoms with van der Waals surface area (Å²) in [6, 6.07) is 8.07. The van der Waals surface area contributed by atoms with Crippen molar-refractivity contribution >= 4 is 34.7 Å². The molecule has 2 aromatic heterocycles. The Morgan fingerprint density at radius 2 is 2.08 bits per heavy atom. The van der Waals surface area contributed by atoms with Gasteiger partial charge >= 0.3 is 5.97 Å². The number of imidazole rings is 1. The Morgan fingerprint density at radius 3 is 2.85 bits per heavy atom. The van der Waals surface area contributed by atoms with Gasteiger partial charge in [-0.15, -0.1) is 0 Å². The lowest BCUT2D eigenvalue weighted by Crippen LogP contribution is -2.30. The van der Waals surface area contributed by atoms with Crippen molar-refractivity contribution in [2.45, 2.75) is 13.0 Å². The predicted octanol–water partition coefficient (Wildman–Crippen LogP) is 3.18. The summed E-state index contributed by atoms with van der Waals surface area (Å²) in [5.74, 6) is -0.647. The van der Waals surface area contributed by atoms with Crippen molar-refractivity contribution in [3.63, 3.8) is 0 Å². The van der Waals surface area contributed by atoms with E-state index in [1.807, 2.05) is 0 Å². The Bertz CT molecular complexity index is 970. The van der Waals surface area contributed by atoms with E-state index >= 15 is 0 Å². The molecule has 3 aromatic rings. The van der Waals surface area contributed by atoms with Crippen LogP contribution < -0.4 is 10.1 Å². The Balaban J connectivity index is 1.68. The number of nitrogens with zero attached hydrogens (tertiary/aromatic N) is 2. The molecule has 7 nitrogen and oxygen atoms in total. The molecule has 1 unspecified atom stereocenters. The predicted molar refractivity (Wildman–Crippen MR) is 96.7 cm³/mol. The van der Waals surface area contributed by atoms with Gasteiger partial charge in [-0.3, -0.25) is 4.79 Å². The van der Waals surface area contributed by atoms with E-state index in [1.54, 1.807) is 53.5 Å². The number of hydrogen-bond acceptors (Lipinski definition) is 5. The van der Waals surface area contributed by atoms with Crippen LogP contribution in [0.3, 0.4) is 0 Å². The van der Waals surface area contributed by atoms with Crippen LogP contribution in [-0.2, 0) is 9.53 Å². The quantitative estimate of drug-likeness (QED) is 0.694. The highest BCUT2D eigenvalue weighted by Crippen LogP contribution is 2.27. The Labute approximate surface area is 154 Å². The topological polar surface area (TPSA) is 81.9 Å². The van der Waals surface area contributed by atoms with Gasteiger partial charge in [-0.1, -0.05) is 11.6 Å². The van der Waals surface area contributed by atoms with Crippen LogP contribution in [0.15, 0.2) is 49.1 Å². The van der Waals surface area contributed by atoms with Gasteiger partial charge in [0.15, 0.2) is 6.10 Å². The van der Waals surface area contributed by atoms with Gasteiger partial charge in [-0.25, -0.2) is 9.78 Å². The van der Waals surface area contributed by atoms with Gasteiger partial charge in [0, 0.05) is 11.2 Å². The second-order valence-electron chi connectivity index (χ2n) is 5.52. The van der Waals surface area contributed by atoms with Crippen molar-refractivity contribution in [3.05, 3.63) is 59.6 Å². The third-order valence-corrected chi connectivity index (χ3v) is 3.96. The van der Waals surface area contributed by atoms with Gasteiger partial charge in [0.2, 0.25) is 0 Å². The van der Waals surface area contributed by atoms with E-state index in [2.05, 4.69) is 10.3 Å². The van der Waals surface area contributed by atoms with Crippen molar-refractivity contribution in [1.29, 1.82) is 0 Å². The maximum absolute atomic E-state index is 12.3. The van der Waals surface area contributed by atoms with Gasteiger partial charge in [0.25, 0.3) is 5.91 Å². The molecule has 3 rings (SSSR count). The lowest BCUT2D eigenvalue weighted by Gasteiger charge is -2.15. The second-order valence-corrected chi connectivity index (χ2v) is 5.96. The molecule has 1 amide bonds. The Hall–Kier alpha value is -3.06. The number of aromatic nitrogens is 2. The Kier molecular flexibility index (Phi) is 5.09. The summed E-state index contributed by atoms with van der Waals surface area (Å²) in [6.45, 7) is 1.49. The molecule has 1 N–H and O–H groups in total. The summed E-state index contributed by atoms with van der Waals surface area (Å²) in [6.07, 6.45) is 3.94. The minimum absolute atomic E-state index is 0.331. The lowest BCUT2D eigenvalue weighted by molar-refractivity contribution is -0.123. The molecule has 26 heavy (non-hydrogen) atoms. The normalized spacial score (nSPS) is 11.8. The van der Waals surface area contributed by atoms with E-state index in [0.717, 1.165) is 5.52 Å². The van der Waals surface area contributed by atoms with Crippen molar-refractivity contribution in [2.75, 3.05) is 12.4 Å². The lowest BCUT2D eigenvalue weighted by atomic mass is 10.2. The minimum atomic E-state index is -1.01. The average Bonchev–Trinajstić information content (AvgIpc) is 3.09. The first-order valence-electron chi connectivity index (χ1n) is 7.75. The Morgan fingerprint density at radius 1 is 1.27 bits per heavy atom. The first kappa shape index (κ1) is 17.8. The van der Waals surface area contributed by atoms with Crippen LogP contribution in [0.4, 0.5) is 5.69 Å². The standard InChI is InChI=1S/C18H16ClN3O4/c1-11(17(23)21-15-8-13(19)3-4-16(15)25-2)26-18(24)12-5-6-22-10-20-9-14(22)7-12/h3-11H,1-2H3,(H,21,23). The molecular weight excluding hydrogens is 358 g/mol. The molecule has 8 heteroatoms. The summed E-state index contributed by atoms with van der Waals surface area (Å²) >= 11 is 5.94. The molecule has 0 saturated heterocycles. The molecule has 1 atom stereocenters. The van der Waals surface area contributed by atoms with Crippen LogP contribution in [0.1, 0.15) is 17.3 Å². The highest BCUT2D eigenvalue weighted by molar-refractivity contribution is 6.31. The third kappa shape index (κ3) is 3.78. The molecule has 0 bridgehead atoms. The van der Waals surface area contributed by atoms with Crippen molar-refractivity contribution < 1.29 is 19.1 Å². The van der Waals surface area contributed by atoms with Gasteiger partial charge < -0.3 is 19.2 Å². The van der Waals surface area contributed by atoms with Crippen LogP contribution in [0.5, 0.6) is 5.75 Å². The maximum atomic E-state index is 12.3. The van der Waals surface area contributed by atoms with Crippen LogP contribution in [0.2, 0.25) is 5.02 Å². The van der Waals surface area contributed by atoms with E-state index in [-0.39, 0.29) is 0 Å². The molecule has 1 aromatic carbocycles. The van der Waals surface area contributed by atoms with Gasteiger partial charge in [-0.2, -0.15) is 0 Å². The SMILES string of the molecule is COc1ccc(Cl)cc1NC(=O)C(C)OC(=O)c1ccn2cncc2c1. The zero-order valence-corrected chi connectivity index (χ0v) is 14.9. The molecule has 0 spiro atoms. The van der Waals surface area contributed by atoms with Crippen molar-refractivity contribution in [2.24, 2.45) is 0 Å². The number of fused-ring (bicyclic) bond motifs is 1. The fourth-order valence-corrected chi connectivity index (χ4v) is 2.51. The van der Waals surface area contributed by atoms with E-state index in [9.17, 15) is 9.59 Å². The first-order chi connectivity index (χ1) is 12.5. The maximum Gasteiger partial charge on any atom is 0.339 e. The number of benzene rings is 1. The van der Waals surface area contributed by atoms with Crippen LogP contribution >= 0.6 is 11.6 Å². The van der Waals surface area contributed by atoms with E-state index in [4.69, 9.17) is 21.1 Å². The number of halogens is 1. The van der Waals surface area contributed by atoms with Crippen LogP contribution in [0, 0.1) is 0 Å². The van der Waals surface area contributed by atoms with E-state index in [0.29, 0.717) is 22.0 Å². The highest BCUT2D eigenvalue weighted by atomic mass is 35.5. The first-order valence-corrected chi connectivity index (χ1v) is 8.13. The monoisotopic (exact) mass is 373 g/mol. The molecule has 134 valence electrons. The largest absolute Gasteiger partial charge is 0.495 e. The number of methoxy groups -OCH3 is 1. The van der Waals surface area contributed by atoms with Crippen molar-refractivity contribution in [1.82, 2.24) is 9.38 Å². The number of nitrogens with one attached hydrogen (secondary N) is 1. The van der Waals surface area contributed by atoms with E-state index in [1.165, 1.54) is 14.0 Å². The third-order valence-electron chi connectivity index (χ3n) is 3.72. The van der Waals surface area contributed by atoms with Crippen LogP contribution in [0.25, 0.3) is 5.52 Å². The van der Waals surface area contributed by atoms with Crippen LogP contribution in [-0.4, -0.2) is 34.5 Å². The highest BCUT2D eigenvalue weighted by Gasteiger charge is 2.20. The number of pyridine rings is 1. The molecule has 0 radical (unpaired) electrons. The number of hydrogen-bond donors (Lipinski definition) is 1. The summed E-state index contributed by atoms with van der Waals surface area (Å²) in [7, 11) is 1.48. The zero-order chi connectivity index (χ0) is 18.7. The molecule has 2 heterocycles. The van der Waals surface area contributed by atoms with E-state index < -0.39 is 18.0 Å². The molecule has 0 aliphatic heterocycles. The number of carbonyl (C=O) groups excluding carboxylic acids is 2. The van der Waals surface area contributed by atoms with Crippen molar-refractivity contribution in [3.8, 4) is 5.75 Å². The van der Waals surface area contributed by atoms with Gasteiger partial charge in [-0.05, 0) is 37.3 Å². The fraction of sp³-hybridized carbons (Fsp3) is 0.167. The summed E-state index contributed by atoms with van der Waals surface area (Å²) in [4.78, 5) is 28.6. The van der Waals surface area contributed by atoms with Gasteiger partial charge in [0.05, 0.1) is 36.4 Å². The molecular formula is C18H16ClN3O4. The summed E-state index contributed by atoms with van der Waals surface area (Å²) < 4.78 is 12.2. The minimum Gasteiger partial charge on any atom is -0.495 e. The average molecular weight is 374 g/mol. The number of carbonyl (C=O) groups is 2. The number of ether oxygens (including phenoxy) is 2. The molecule has 0 saturated carbocycles.